The maximum Gasteiger partial charge on any atom is 0.254 e. The van der Waals surface area contributed by atoms with Crippen molar-refractivity contribution in [1.82, 2.24) is 15.5 Å². The Hall–Kier alpha value is -4.31. The minimum absolute atomic E-state index is 0.0217. The third kappa shape index (κ3) is 6.58. The molecule has 2 bridgehead atoms. The Labute approximate surface area is 230 Å². The van der Waals surface area contributed by atoms with Gasteiger partial charge in [-0.1, -0.05) is 37.1 Å². The molecule has 202 valence electrons. The number of amides is 2. The van der Waals surface area contributed by atoms with E-state index in [1.165, 1.54) is 18.3 Å². The second-order valence-corrected chi connectivity index (χ2v) is 9.59. The zero-order valence-electron chi connectivity index (χ0n) is 21.5. The van der Waals surface area contributed by atoms with E-state index in [-0.39, 0.29) is 28.1 Å². The van der Waals surface area contributed by atoms with Gasteiger partial charge in [-0.2, -0.15) is 10.2 Å². The van der Waals surface area contributed by atoms with Crippen molar-refractivity contribution < 1.29 is 14.0 Å². The van der Waals surface area contributed by atoms with Crippen LogP contribution >= 0.6 is 11.6 Å². The minimum atomic E-state index is -0.695. The second-order valence-electron chi connectivity index (χ2n) is 9.18. The largest absolute Gasteiger partial charge is 0.404 e. The molecule has 0 radical (unpaired) electrons. The highest BCUT2D eigenvalue weighted by Gasteiger charge is 2.23. The maximum atomic E-state index is 14.2. The molecule has 0 spiro atoms. The zero-order chi connectivity index (χ0) is 27.9. The van der Waals surface area contributed by atoms with Crippen LogP contribution in [0.3, 0.4) is 0 Å². The van der Waals surface area contributed by atoms with E-state index in [2.05, 4.69) is 31.1 Å². The second kappa shape index (κ2) is 12.5. The highest BCUT2D eigenvalue weighted by atomic mass is 35.5. The van der Waals surface area contributed by atoms with Gasteiger partial charge in [0.25, 0.3) is 5.91 Å². The lowest BCUT2D eigenvalue weighted by Crippen LogP contribution is -2.31. The number of hydrogen-bond acceptors (Lipinski definition) is 7. The van der Waals surface area contributed by atoms with Crippen LogP contribution in [0.4, 0.5) is 21.5 Å². The number of hydrogen-bond donors (Lipinski definition) is 4. The van der Waals surface area contributed by atoms with Crippen LogP contribution in [-0.4, -0.2) is 35.3 Å². The van der Waals surface area contributed by atoms with Gasteiger partial charge in [0.05, 0.1) is 34.2 Å². The van der Waals surface area contributed by atoms with Crippen LogP contribution in [0.5, 0.6) is 0 Å². The van der Waals surface area contributed by atoms with Crippen molar-refractivity contribution in [2.24, 2.45) is 16.6 Å². The van der Waals surface area contributed by atoms with E-state index < -0.39 is 17.8 Å². The summed E-state index contributed by atoms with van der Waals surface area (Å²) in [6.45, 7) is 1.87. The number of nitrogens with two attached hydrogens (primary N) is 1. The van der Waals surface area contributed by atoms with E-state index >= 15 is 0 Å². The van der Waals surface area contributed by atoms with Gasteiger partial charge >= 0.3 is 0 Å². The summed E-state index contributed by atoms with van der Waals surface area (Å²) in [5.41, 5.74) is 9.28. The number of fused-ring (bicyclic) bond motifs is 4. The van der Waals surface area contributed by atoms with Gasteiger partial charge in [0, 0.05) is 42.2 Å². The van der Waals surface area contributed by atoms with Gasteiger partial charge in [-0.15, -0.1) is 0 Å². The fraction of sp³-hybridized carbons (Fsp3) is 0.250. The third-order valence-electron chi connectivity index (χ3n) is 6.51. The molecule has 0 fully saturated rings. The molecular weight excluding hydrogens is 521 g/mol. The van der Waals surface area contributed by atoms with E-state index in [0.29, 0.717) is 30.6 Å². The fourth-order valence-corrected chi connectivity index (χ4v) is 4.38. The molecule has 0 aliphatic carbocycles. The summed E-state index contributed by atoms with van der Waals surface area (Å²) in [5, 5.41) is 17.5. The van der Waals surface area contributed by atoms with Crippen molar-refractivity contribution in [3.8, 4) is 11.1 Å². The summed E-state index contributed by atoms with van der Waals surface area (Å²) in [7, 11) is 1.81. The van der Waals surface area contributed by atoms with Crippen LogP contribution in [0.25, 0.3) is 11.1 Å². The molecule has 1 aromatic heterocycles. The summed E-state index contributed by atoms with van der Waals surface area (Å²) in [6, 6.07) is 11.4. The number of nitrogens with zero attached hydrogens (tertiary/aromatic N) is 3. The first-order valence-electron chi connectivity index (χ1n) is 12.5. The fourth-order valence-electron chi connectivity index (χ4n) is 4.21. The number of nitrogens with one attached hydrogen (secondary N) is 3. The molecule has 2 atom stereocenters. The van der Waals surface area contributed by atoms with E-state index in [0.717, 1.165) is 23.0 Å². The van der Waals surface area contributed by atoms with Crippen LogP contribution in [0, 0.1) is 11.7 Å². The highest BCUT2D eigenvalue weighted by molar-refractivity contribution is 6.31. The van der Waals surface area contributed by atoms with E-state index in [1.54, 1.807) is 19.3 Å². The first kappa shape index (κ1) is 27.7. The van der Waals surface area contributed by atoms with Gasteiger partial charge in [-0.25, -0.2) is 4.39 Å². The SMILES string of the molecule is CNc1ccc2c(c1)NC(=O)C(C)CCCC(NC(=O)C(C=Nc1cccc(Cl)c1F)=CN)c1cc-2cnn1. The summed E-state index contributed by atoms with van der Waals surface area (Å²) >= 11 is 5.82. The smallest absolute Gasteiger partial charge is 0.254 e. The molecule has 2 amide bonds. The molecule has 3 aromatic rings. The first-order chi connectivity index (χ1) is 18.8. The Kier molecular flexibility index (Phi) is 8.88. The minimum Gasteiger partial charge on any atom is -0.404 e. The number of rotatable bonds is 5. The van der Waals surface area contributed by atoms with Crippen LogP contribution in [0.15, 0.2) is 65.4 Å². The Morgan fingerprint density at radius 2 is 2.08 bits per heavy atom. The number of halogens is 2. The standard InChI is InChI=1S/C28H29ClFN7O2/c1-16-5-3-7-22(35-28(39)18(13-31)14-33-23-8-4-6-21(29)26(23)30)25-11-17(15-34-37-25)20-10-9-19(32-2)12-24(20)36-27(16)38/h4,6,8-16,22,32H,3,5,7,31H2,1-2H3,(H,35,39)(H,36,38). The Balaban J connectivity index is 1.65. The van der Waals surface area contributed by atoms with Gasteiger partial charge in [0.15, 0.2) is 5.82 Å². The first-order valence-corrected chi connectivity index (χ1v) is 12.8. The van der Waals surface area contributed by atoms with Crippen molar-refractivity contribution in [1.29, 1.82) is 0 Å². The monoisotopic (exact) mass is 549 g/mol. The normalized spacial score (nSPS) is 17.9. The molecule has 0 saturated heterocycles. The lowest BCUT2D eigenvalue weighted by Gasteiger charge is -2.22. The predicted octanol–water partition coefficient (Wildman–Crippen LogP) is 5.14. The lowest BCUT2D eigenvalue weighted by molar-refractivity contribution is -0.120. The van der Waals surface area contributed by atoms with Crippen molar-refractivity contribution in [2.45, 2.75) is 32.2 Å². The molecule has 9 nitrogen and oxygen atoms in total. The van der Waals surface area contributed by atoms with Gasteiger partial charge in [0.2, 0.25) is 5.91 Å². The van der Waals surface area contributed by atoms with Gasteiger partial charge in [-0.05, 0) is 43.2 Å². The van der Waals surface area contributed by atoms with E-state index in [4.69, 9.17) is 17.3 Å². The number of aliphatic imine (C=N–C) groups is 1. The average Bonchev–Trinajstić information content (AvgIpc) is 2.94. The van der Waals surface area contributed by atoms with E-state index in [1.807, 2.05) is 31.2 Å². The molecule has 2 unspecified atom stereocenters. The van der Waals surface area contributed by atoms with Crippen molar-refractivity contribution >= 4 is 46.7 Å². The van der Waals surface area contributed by atoms with Crippen molar-refractivity contribution in [2.75, 3.05) is 17.7 Å². The molecule has 1 aliphatic heterocycles. The predicted molar refractivity (Wildman–Crippen MR) is 151 cm³/mol. The zero-order valence-corrected chi connectivity index (χ0v) is 22.3. The summed E-state index contributed by atoms with van der Waals surface area (Å²) in [4.78, 5) is 30.2. The molecular formula is C28H29ClFN7O2. The number of aromatic nitrogens is 2. The molecule has 1 aliphatic rings. The topological polar surface area (TPSA) is 134 Å². The Morgan fingerprint density at radius 1 is 1.26 bits per heavy atom. The summed E-state index contributed by atoms with van der Waals surface area (Å²) < 4.78 is 14.2. The molecule has 11 heteroatoms. The van der Waals surface area contributed by atoms with Gasteiger partial charge < -0.3 is 21.7 Å². The quantitative estimate of drug-likeness (QED) is 0.257. The third-order valence-corrected chi connectivity index (χ3v) is 6.80. The van der Waals surface area contributed by atoms with Crippen molar-refractivity contribution in [3.05, 3.63) is 77.0 Å². The molecule has 0 saturated carbocycles. The Bertz CT molecular complexity index is 1440. The molecule has 2 heterocycles. The van der Waals surface area contributed by atoms with Crippen LogP contribution in [0.2, 0.25) is 5.02 Å². The number of carbonyl (C=O) groups excluding carboxylic acids is 2. The number of anilines is 2. The molecule has 4 rings (SSSR count). The molecule has 39 heavy (non-hydrogen) atoms. The number of benzene rings is 2. The van der Waals surface area contributed by atoms with Crippen LogP contribution in [0.1, 0.15) is 37.9 Å². The maximum absolute atomic E-state index is 14.2. The van der Waals surface area contributed by atoms with Gasteiger partial charge in [0.1, 0.15) is 5.69 Å². The average molecular weight is 550 g/mol. The lowest BCUT2D eigenvalue weighted by atomic mass is 9.96. The number of carbonyl (C=O) groups is 2. The molecule has 2 aromatic carbocycles. The highest BCUT2D eigenvalue weighted by Crippen LogP contribution is 2.33. The molecule has 5 N–H and O–H groups in total. The Morgan fingerprint density at radius 3 is 2.85 bits per heavy atom. The van der Waals surface area contributed by atoms with Crippen LogP contribution in [-0.2, 0) is 9.59 Å². The van der Waals surface area contributed by atoms with Crippen LogP contribution < -0.4 is 21.7 Å². The van der Waals surface area contributed by atoms with E-state index in [9.17, 15) is 14.0 Å². The summed E-state index contributed by atoms with van der Waals surface area (Å²) in [5.74, 6) is -1.56. The summed E-state index contributed by atoms with van der Waals surface area (Å²) in [6.07, 6.45) is 5.63. The van der Waals surface area contributed by atoms with Crippen molar-refractivity contribution in [3.63, 3.8) is 0 Å². The van der Waals surface area contributed by atoms with Gasteiger partial charge in [-0.3, -0.25) is 14.6 Å².